The highest BCUT2D eigenvalue weighted by Gasteiger charge is 2.28. The molecule has 3 heterocycles. The zero-order valence-electron chi connectivity index (χ0n) is 13.0. The van der Waals surface area contributed by atoms with Gasteiger partial charge >= 0.3 is 5.63 Å². The molecule has 1 fully saturated rings. The van der Waals surface area contributed by atoms with Gasteiger partial charge in [0.15, 0.2) is 11.9 Å². The molecule has 0 spiro atoms. The number of nitrogens with zero attached hydrogens (tertiary/aromatic N) is 1. The van der Waals surface area contributed by atoms with Gasteiger partial charge in [0.05, 0.1) is 24.3 Å². The van der Waals surface area contributed by atoms with Crippen LogP contribution < -0.4 is 5.63 Å². The Morgan fingerprint density at radius 3 is 2.78 bits per heavy atom. The minimum Gasteiger partial charge on any atom is -0.507 e. The van der Waals surface area contributed by atoms with Gasteiger partial charge in [-0.05, 0) is 37.6 Å². The van der Waals surface area contributed by atoms with Gasteiger partial charge in [-0.25, -0.2) is 4.79 Å². The van der Waals surface area contributed by atoms with Gasteiger partial charge in [-0.3, -0.25) is 0 Å². The molecule has 2 aliphatic rings. The van der Waals surface area contributed by atoms with Gasteiger partial charge in [0.1, 0.15) is 5.75 Å². The van der Waals surface area contributed by atoms with Crippen LogP contribution in [0.2, 0.25) is 0 Å². The number of likely N-dealkylation sites (N-methyl/N-ethyl adjacent to an activating group) is 1. The standard InChI is InChI=1S/C17H19NO5/c1-18-6-5-10-11-3-4-13(19)14(17-21-7-2-8-22-17)15(11)23-16(20)12(10)9-18/h3-4,17,19H,2,5-9H2,1H3. The maximum absolute atomic E-state index is 12.4. The monoisotopic (exact) mass is 317 g/mol. The maximum Gasteiger partial charge on any atom is 0.341 e. The Hall–Kier alpha value is -1.89. The Bertz CT molecular complexity index is 807. The highest BCUT2D eigenvalue weighted by Crippen LogP contribution is 2.38. The third-order valence-corrected chi connectivity index (χ3v) is 4.54. The van der Waals surface area contributed by atoms with Gasteiger partial charge in [-0.15, -0.1) is 0 Å². The number of phenols is 1. The fourth-order valence-electron chi connectivity index (χ4n) is 3.36. The van der Waals surface area contributed by atoms with E-state index >= 15 is 0 Å². The molecule has 0 amide bonds. The lowest BCUT2D eigenvalue weighted by molar-refractivity contribution is -0.183. The first-order valence-corrected chi connectivity index (χ1v) is 7.87. The summed E-state index contributed by atoms with van der Waals surface area (Å²) < 4.78 is 16.8. The highest BCUT2D eigenvalue weighted by molar-refractivity contribution is 5.86. The number of aromatic hydroxyl groups is 1. The van der Waals surface area contributed by atoms with Gasteiger partial charge in [-0.1, -0.05) is 0 Å². The van der Waals surface area contributed by atoms with Gasteiger partial charge in [0.25, 0.3) is 0 Å². The van der Waals surface area contributed by atoms with Crippen molar-refractivity contribution in [2.75, 3.05) is 26.8 Å². The number of phenolic OH excluding ortho intramolecular Hbond substituents is 1. The molecule has 0 bridgehead atoms. The summed E-state index contributed by atoms with van der Waals surface area (Å²) in [6.07, 6.45) is 0.901. The van der Waals surface area contributed by atoms with Crippen LogP contribution in [0.25, 0.3) is 11.0 Å². The highest BCUT2D eigenvalue weighted by atomic mass is 16.7. The van der Waals surface area contributed by atoms with Crippen molar-refractivity contribution in [3.8, 4) is 5.75 Å². The van der Waals surface area contributed by atoms with E-state index in [9.17, 15) is 9.90 Å². The summed E-state index contributed by atoms with van der Waals surface area (Å²) in [6, 6.07) is 3.43. The molecule has 1 N–H and O–H groups in total. The van der Waals surface area contributed by atoms with Gasteiger partial charge < -0.3 is 23.9 Å². The Morgan fingerprint density at radius 1 is 1.22 bits per heavy atom. The number of rotatable bonds is 1. The smallest absolute Gasteiger partial charge is 0.341 e. The third kappa shape index (κ3) is 2.43. The Balaban J connectivity index is 1.95. The van der Waals surface area contributed by atoms with Crippen molar-refractivity contribution in [2.45, 2.75) is 25.7 Å². The summed E-state index contributed by atoms with van der Waals surface area (Å²) in [6.45, 7) is 2.58. The van der Waals surface area contributed by atoms with Crippen molar-refractivity contribution in [1.82, 2.24) is 4.90 Å². The van der Waals surface area contributed by atoms with Gasteiger partial charge in [0.2, 0.25) is 0 Å². The quantitative estimate of drug-likeness (QED) is 0.810. The first-order chi connectivity index (χ1) is 11.1. The van der Waals surface area contributed by atoms with Crippen LogP contribution in [0.1, 0.15) is 29.4 Å². The van der Waals surface area contributed by atoms with Crippen LogP contribution >= 0.6 is 0 Å². The molecule has 0 aliphatic carbocycles. The van der Waals surface area contributed by atoms with E-state index in [2.05, 4.69) is 4.90 Å². The summed E-state index contributed by atoms with van der Waals surface area (Å²) in [5.41, 5.74) is 2.16. The molecular weight excluding hydrogens is 298 g/mol. The fraction of sp³-hybridized carbons (Fsp3) is 0.471. The minimum absolute atomic E-state index is 0.0282. The van der Waals surface area contributed by atoms with Crippen LogP contribution in [-0.2, 0) is 22.4 Å². The molecule has 2 aliphatic heterocycles. The maximum atomic E-state index is 12.4. The SMILES string of the molecule is CN1CCc2c(c(=O)oc3c(C4OCCCO4)c(O)ccc23)C1. The minimum atomic E-state index is -0.695. The molecular formula is C17H19NO5. The van der Waals surface area contributed by atoms with Crippen molar-refractivity contribution >= 4 is 11.0 Å². The molecule has 0 unspecified atom stereocenters. The average Bonchev–Trinajstić information content (AvgIpc) is 2.56. The second-order valence-electron chi connectivity index (χ2n) is 6.14. The lowest BCUT2D eigenvalue weighted by Gasteiger charge is -2.27. The first kappa shape index (κ1) is 14.7. The molecule has 6 heteroatoms. The number of hydrogen-bond donors (Lipinski definition) is 1. The number of fused-ring (bicyclic) bond motifs is 3. The summed E-state index contributed by atoms with van der Waals surface area (Å²) in [4.78, 5) is 14.5. The molecule has 0 atom stereocenters. The summed E-state index contributed by atoms with van der Waals surface area (Å²) >= 11 is 0. The summed E-state index contributed by atoms with van der Waals surface area (Å²) in [5, 5.41) is 11.1. The predicted molar refractivity (Wildman–Crippen MR) is 83.4 cm³/mol. The van der Waals surface area contributed by atoms with E-state index in [-0.39, 0.29) is 11.4 Å². The summed E-state index contributed by atoms with van der Waals surface area (Å²) in [7, 11) is 1.98. The zero-order valence-corrected chi connectivity index (χ0v) is 13.0. The van der Waals surface area contributed by atoms with E-state index in [1.165, 1.54) is 0 Å². The van der Waals surface area contributed by atoms with Crippen molar-refractivity contribution in [3.63, 3.8) is 0 Å². The Morgan fingerprint density at radius 2 is 2.00 bits per heavy atom. The van der Waals surface area contributed by atoms with Crippen LogP contribution in [-0.4, -0.2) is 36.8 Å². The fourth-order valence-corrected chi connectivity index (χ4v) is 3.36. The molecule has 0 saturated carbocycles. The van der Waals surface area contributed by atoms with E-state index in [1.807, 2.05) is 13.1 Å². The number of hydrogen-bond acceptors (Lipinski definition) is 6. The summed E-state index contributed by atoms with van der Waals surface area (Å²) in [5.74, 6) is 0.0282. The Labute approximate surface area is 133 Å². The van der Waals surface area contributed by atoms with Crippen LogP contribution in [0.4, 0.5) is 0 Å². The molecule has 2 aromatic rings. The van der Waals surface area contributed by atoms with E-state index < -0.39 is 6.29 Å². The van der Waals surface area contributed by atoms with E-state index in [1.54, 1.807) is 6.07 Å². The van der Waals surface area contributed by atoms with E-state index in [0.717, 1.165) is 30.3 Å². The van der Waals surface area contributed by atoms with E-state index in [0.29, 0.717) is 36.5 Å². The first-order valence-electron chi connectivity index (χ1n) is 7.87. The van der Waals surface area contributed by atoms with Crippen LogP contribution in [0.5, 0.6) is 5.75 Å². The normalized spacial score (nSPS) is 19.9. The van der Waals surface area contributed by atoms with Gasteiger partial charge in [-0.2, -0.15) is 0 Å². The van der Waals surface area contributed by atoms with Crippen LogP contribution in [0.3, 0.4) is 0 Å². The molecule has 4 rings (SSSR count). The second-order valence-corrected chi connectivity index (χ2v) is 6.14. The van der Waals surface area contributed by atoms with Crippen LogP contribution in [0, 0.1) is 0 Å². The molecule has 1 aromatic carbocycles. The topological polar surface area (TPSA) is 72.1 Å². The number of ether oxygens (including phenoxy) is 2. The van der Waals surface area contributed by atoms with Gasteiger partial charge in [0, 0.05) is 18.5 Å². The second kappa shape index (κ2) is 5.63. The van der Waals surface area contributed by atoms with E-state index in [4.69, 9.17) is 13.9 Å². The molecule has 122 valence electrons. The predicted octanol–water partition coefficient (Wildman–Crippen LogP) is 1.92. The van der Waals surface area contributed by atoms with Crippen molar-refractivity contribution in [3.05, 3.63) is 39.2 Å². The lowest BCUT2D eigenvalue weighted by atomic mass is 9.96. The Kier molecular flexibility index (Phi) is 3.60. The van der Waals surface area contributed by atoms with Crippen LogP contribution in [0.15, 0.2) is 21.3 Å². The number of benzene rings is 1. The largest absolute Gasteiger partial charge is 0.507 e. The molecule has 0 radical (unpaired) electrons. The van der Waals surface area contributed by atoms with Crippen molar-refractivity contribution in [2.24, 2.45) is 0 Å². The molecule has 23 heavy (non-hydrogen) atoms. The lowest BCUT2D eigenvalue weighted by Crippen LogP contribution is -2.31. The molecule has 1 saturated heterocycles. The average molecular weight is 317 g/mol. The van der Waals surface area contributed by atoms with Crippen molar-refractivity contribution in [1.29, 1.82) is 0 Å². The third-order valence-electron chi connectivity index (χ3n) is 4.54. The zero-order chi connectivity index (χ0) is 16.0. The van der Waals surface area contributed by atoms with Crippen molar-refractivity contribution < 1.29 is 19.0 Å². The molecule has 6 nitrogen and oxygen atoms in total. The molecule has 1 aromatic heterocycles.